The first-order valence-corrected chi connectivity index (χ1v) is 11.8. The molecule has 3 rings (SSSR count). The van der Waals surface area contributed by atoms with Gasteiger partial charge in [-0.3, -0.25) is 14.9 Å². The summed E-state index contributed by atoms with van der Waals surface area (Å²) in [5.41, 5.74) is 0.794. The van der Waals surface area contributed by atoms with Crippen LogP contribution in [0.25, 0.3) is 6.08 Å². The summed E-state index contributed by atoms with van der Waals surface area (Å²) in [4.78, 5) is 22.4. The van der Waals surface area contributed by atoms with Gasteiger partial charge in [0.25, 0.3) is 11.6 Å². The van der Waals surface area contributed by atoms with Crippen LogP contribution in [0.4, 0.5) is 11.4 Å². The van der Waals surface area contributed by atoms with Gasteiger partial charge in [-0.15, -0.1) is 0 Å². The number of benzene rings is 3. The highest BCUT2D eigenvalue weighted by Crippen LogP contribution is 2.25. The van der Waals surface area contributed by atoms with Crippen molar-refractivity contribution < 1.29 is 22.3 Å². The van der Waals surface area contributed by atoms with E-state index in [0.717, 1.165) is 10.5 Å². The zero-order valence-corrected chi connectivity index (χ0v) is 20.0. The highest BCUT2D eigenvalue weighted by Gasteiger charge is 2.21. The second-order valence-electron chi connectivity index (χ2n) is 6.94. The molecule has 1 amide bonds. The number of carbonyl (C=O) groups excluding carboxylic acids is 1. The van der Waals surface area contributed by atoms with Crippen molar-refractivity contribution in [2.24, 2.45) is 0 Å². The molecule has 0 aliphatic rings. The lowest BCUT2D eigenvalue weighted by Gasteiger charge is -2.08. The van der Waals surface area contributed by atoms with Gasteiger partial charge >= 0.3 is 10.1 Å². The number of amides is 1. The van der Waals surface area contributed by atoms with Gasteiger partial charge in [0.05, 0.1) is 4.92 Å². The van der Waals surface area contributed by atoms with Crippen LogP contribution in [-0.4, -0.2) is 19.2 Å². The third-order valence-electron chi connectivity index (χ3n) is 4.53. The lowest BCUT2D eigenvalue weighted by atomic mass is 10.1. The zero-order valence-electron chi connectivity index (χ0n) is 17.6. The van der Waals surface area contributed by atoms with E-state index in [1.165, 1.54) is 49.4 Å². The second kappa shape index (κ2) is 10.3. The standard InChI is InChI=1S/C23H16BrN3O6S/c1-15-2-11-21(13-22(15)27(29)30)34(31,32)33-20-9-3-16(4-10-20)12-17(14-25)23(28)26-19-7-5-18(24)6-8-19/h2-13H,1H3,(H,26,28)/b17-12+. The molecular formula is C23H16BrN3O6S. The Bertz CT molecular complexity index is 1430. The normalized spacial score (nSPS) is 11.4. The van der Waals surface area contributed by atoms with Gasteiger partial charge in [0.2, 0.25) is 0 Å². The lowest BCUT2D eigenvalue weighted by molar-refractivity contribution is -0.385. The van der Waals surface area contributed by atoms with Gasteiger partial charge in [0, 0.05) is 21.8 Å². The summed E-state index contributed by atoms with van der Waals surface area (Å²) in [7, 11) is -4.32. The number of carbonyl (C=O) groups is 1. The Balaban J connectivity index is 1.76. The molecule has 0 aliphatic heterocycles. The van der Waals surface area contributed by atoms with E-state index in [-0.39, 0.29) is 21.9 Å². The van der Waals surface area contributed by atoms with Crippen LogP contribution in [0.5, 0.6) is 5.75 Å². The summed E-state index contributed by atoms with van der Waals surface area (Å²) in [6.07, 6.45) is 1.34. The first kappa shape index (κ1) is 24.6. The van der Waals surface area contributed by atoms with Crippen LogP contribution >= 0.6 is 15.9 Å². The number of nitrogens with zero attached hydrogens (tertiary/aromatic N) is 2. The minimum atomic E-state index is -4.32. The minimum absolute atomic E-state index is 0.0433. The predicted molar refractivity (Wildman–Crippen MR) is 128 cm³/mol. The van der Waals surface area contributed by atoms with Gasteiger partial charge in [-0.1, -0.05) is 34.1 Å². The maximum atomic E-state index is 12.5. The van der Waals surface area contributed by atoms with Gasteiger partial charge in [-0.05, 0) is 61.0 Å². The number of halogens is 1. The molecule has 0 radical (unpaired) electrons. The molecule has 0 aliphatic carbocycles. The van der Waals surface area contributed by atoms with Crippen molar-refractivity contribution in [1.29, 1.82) is 5.26 Å². The quantitative estimate of drug-likeness (QED) is 0.146. The van der Waals surface area contributed by atoms with Crippen LogP contribution in [0.15, 0.2) is 81.7 Å². The topological polar surface area (TPSA) is 139 Å². The maximum Gasteiger partial charge on any atom is 0.339 e. The molecule has 0 saturated carbocycles. The maximum absolute atomic E-state index is 12.5. The van der Waals surface area contributed by atoms with E-state index in [2.05, 4.69) is 21.2 Å². The van der Waals surface area contributed by atoms with Crippen molar-refractivity contribution in [3.8, 4) is 11.8 Å². The first-order valence-electron chi connectivity index (χ1n) is 9.57. The predicted octanol–water partition coefficient (Wildman–Crippen LogP) is 4.98. The van der Waals surface area contributed by atoms with E-state index in [1.807, 2.05) is 6.07 Å². The summed E-state index contributed by atoms with van der Waals surface area (Å²) in [6, 6.07) is 17.8. The summed E-state index contributed by atoms with van der Waals surface area (Å²) in [6.45, 7) is 1.50. The molecule has 1 N–H and O–H groups in total. The number of nitrogens with one attached hydrogen (secondary N) is 1. The zero-order chi connectivity index (χ0) is 24.9. The van der Waals surface area contributed by atoms with Crippen molar-refractivity contribution in [2.45, 2.75) is 11.8 Å². The fourth-order valence-electron chi connectivity index (χ4n) is 2.78. The highest BCUT2D eigenvalue weighted by atomic mass is 79.9. The molecule has 0 heterocycles. The summed E-state index contributed by atoms with van der Waals surface area (Å²) >= 11 is 3.30. The number of rotatable bonds is 7. The third kappa shape index (κ3) is 6.06. The molecule has 0 unspecified atom stereocenters. The Morgan fingerprint density at radius 1 is 1.12 bits per heavy atom. The van der Waals surface area contributed by atoms with Crippen LogP contribution < -0.4 is 9.50 Å². The number of nitro benzene ring substituents is 1. The van der Waals surface area contributed by atoms with E-state index < -0.39 is 20.9 Å². The largest absolute Gasteiger partial charge is 0.379 e. The van der Waals surface area contributed by atoms with Crippen molar-refractivity contribution in [2.75, 3.05) is 5.32 Å². The van der Waals surface area contributed by atoms with Crippen molar-refractivity contribution in [3.63, 3.8) is 0 Å². The molecule has 0 aromatic heterocycles. The number of hydrogen-bond acceptors (Lipinski definition) is 7. The Kier molecular flexibility index (Phi) is 7.45. The average molecular weight is 542 g/mol. The fourth-order valence-corrected chi connectivity index (χ4v) is 4.00. The highest BCUT2D eigenvalue weighted by molar-refractivity contribution is 9.10. The van der Waals surface area contributed by atoms with Gasteiger partial charge < -0.3 is 9.50 Å². The molecule has 3 aromatic carbocycles. The number of nitro groups is 1. The smallest absolute Gasteiger partial charge is 0.339 e. The third-order valence-corrected chi connectivity index (χ3v) is 6.30. The molecule has 34 heavy (non-hydrogen) atoms. The summed E-state index contributed by atoms with van der Waals surface area (Å²) in [5, 5.41) is 23.1. The van der Waals surface area contributed by atoms with E-state index in [4.69, 9.17) is 4.18 Å². The van der Waals surface area contributed by atoms with Crippen LogP contribution in [0.3, 0.4) is 0 Å². The van der Waals surface area contributed by atoms with E-state index >= 15 is 0 Å². The lowest BCUT2D eigenvalue weighted by Crippen LogP contribution is -2.13. The van der Waals surface area contributed by atoms with Gasteiger partial charge in [0.1, 0.15) is 22.3 Å². The van der Waals surface area contributed by atoms with Crippen molar-refractivity contribution in [1.82, 2.24) is 0 Å². The molecule has 0 spiro atoms. The van der Waals surface area contributed by atoms with Crippen LogP contribution in [0.1, 0.15) is 11.1 Å². The van der Waals surface area contributed by atoms with Gasteiger partial charge in [0.15, 0.2) is 0 Å². The van der Waals surface area contributed by atoms with Crippen LogP contribution in [0, 0.1) is 28.4 Å². The van der Waals surface area contributed by atoms with Crippen LogP contribution in [-0.2, 0) is 14.9 Å². The molecule has 11 heteroatoms. The number of nitriles is 1. The second-order valence-corrected chi connectivity index (χ2v) is 9.40. The SMILES string of the molecule is Cc1ccc(S(=O)(=O)Oc2ccc(/C=C(\C#N)C(=O)Nc3ccc(Br)cc3)cc2)cc1[N+](=O)[O-]. The number of hydrogen-bond donors (Lipinski definition) is 1. The van der Waals surface area contributed by atoms with E-state index in [9.17, 15) is 28.6 Å². The molecule has 0 atom stereocenters. The minimum Gasteiger partial charge on any atom is -0.379 e. The van der Waals surface area contributed by atoms with Crippen molar-refractivity contribution >= 4 is 49.4 Å². The first-order chi connectivity index (χ1) is 16.1. The Labute approximate surface area is 203 Å². The molecule has 0 saturated heterocycles. The molecule has 3 aromatic rings. The molecule has 0 bridgehead atoms. The van der Waals surface area contributed by atoms with Gasteiger partial charge in [-0.25, -0.2) is 0 Å². The average Bonchev–Trinajstić information content (AvgIpc) is 2.79. The van der Waals surface area contributed by atoms with Crippen molar-refractivity contribution in [3.05, 3.63) is 98.0 Å². The molecule has 172 valence electrons. The van der Waals surface area contributed by atoms with Crippen LogP contribution in [0.2, 0.25) is 0 Å². The Morgan fingerprint density at radius 3 is 2.35 bits per heavy atom. The number of aryl methyl sites for hydroxylation is 1. The van der Waals surface area contributed by atoms with E-state index in [0.29, 0.717) is 16.8 Å². The van der Waals surface area contributed by atoms with E-state index in [1.54, 1.807) is 24.3 Å². The fraction of sp³-hybridized carbons (Fsp3) is 0.0435. The molecular weight excluding hydrogens is 526 g/mol. The molecule has 9 nitrogen and oxygen atoms in total. The summed E-state index contributed by atoms with van der Waals surface area (Å²) in [5.74, 6) is -0.646. The Morgan fingerprint density at radius 2 is 1.76 bits per heavy atom. The Hall–Kier alpha value is -4.01. The monoisotopic (exact) mass is 541 g/mol. The van der Waals surface area contributed by atoms with Gasteiger partial charge in [-0.2, -0.15) is 13.7 Å². The number of anilines is 1. The molecule has 0 fully saturated rings. The summed E-state index contributed by atoms with van der Waals surface area (Å²) < 4.78 is 31.0.